The van der Waals surface area contributed by atoms with Gasteiger partial charge in [0, 0.05) is 6.07 Å². The number of furan rings is 1. The molecule has 1 N–H and O–H groups in total. The van der Waals surface area contributed by atoms with Crippen molar-refractivity contribution in [3.05, 3.63) is 48.2 Å². The Labute approximate surface area is 104 Å². The third-order valence-corrected chi connectivity index (χ3v) is 2.13. The molecule has 1 heterocycles. The first-order chi connectivity index (χ1) is 8.75. The van der Waals surface area contributed by atoms with Gasteiger partial charge in [-0.15, -0.1) is 0 Å². The molecule has 0 unspecified atom stereocenters. The van der Waals surface area contributed by atoms with Gasteiger partial charge in [0.1, 0.15) is 19.0 Å². The van der Waals surface area contributed by atoms with E-state index in [1.54, 1.807) is 0 Å². The van der Waals surface area contributed by atoms with Gasteiger partial charge in [-0.1, -0.05) is 18.2 Å². The van der Waals surface area contributed by atoms with Crippen molar-refractivity contribution >= 4 is 5.97 Å². The van der Waals surface area contributed by atoms with E-state index < -0.39 is 5.97 Å². The summed E-state index contributed by atoms with van der Waals surface area (Å²) < 4.78 is 15.5. The molecule has 0 aliphatic rings. The number of hydrogen-bond donors (Lipinski definition) is 1. The summed E-state index contributed by atoms with van der Waals surface area (Å²) >= 11 is 0. The molecule has 0 spiro atoms. The lowest BCUT2D eigenvalue weighted by atomic mass is 10.3. The first-order valence-corrected chi connectivity index (χ1v) is 5.39. The second-order valence-electron chi connectivity index (χ2n) is 3.43. The molecule has 0 fully saturated rings. The molecule has 94 valence electrons. The van der Waals surface area contributed by atoms with Crippen LogP contribution >= 0.6 is 0 Å². The number of aromatic carboxylic acids is 1. The van der Waals surface area contributed by atoms with Gasteiger partial charge in [0.25, 0.3) is 5.95 Å². The Morgan fingerprint density at radius 1 is 1.06 bits per heavy atom. The zero-order valence-corrected chi connectivity index (χ0v) is 9.54. The van der Waals surface area contributed by atoms with Crippen molar-refractivity contribution in [3.63, 3.8) is 0 Å². The second-order valence-corrected chi connectivity index (χ2v) is 3.43. The number of rotatable bonds is 6. The number of hydrogen-bond acceptors (Lipinski definition) is 4. The van der Waals surface area contributed by atoms with Crippen LogP contribution in [0.3, 0.4) is 0 Å². The summed E-state index contributed by atoms with van der Waals surface area (Å²) in [5, 5.41) is 8.64. The summed E-state index contributed by atoms with van der Waals surface area (Å²) in [5.41, 5.74) is 0. The van der Waals surface area contributed by atoms with Gasteiger partial charge in [-0.3, -0.25) is 0 Å². The minimum absolute atomic E-state index is 0.144. The number of carbonyl (C=O) groups is 1. The van der Waals surface area contributed by atoms with Gasteiger partial charge in [-0.25, -0.2) is 4.79 Å². The van der Waals surface area contributed by atoms with Crippen molar-refractivity contribution < 1.29 is 23.8 Å². The highest BCUT2D eigenvalue weighted by atomic mass is 16.6. The minimum Gasteiger partial charge on any atom is -0.490 e. The third-order valence-electron chi connectivity index (χ3n) is 2.13. The lowest BCUT2D eigenvalue weighted by Gasteiger charge is -2.05. The number of para-hydroxylation sites is 1. The van der Waals surface area contributed by atoms with E-state index in [0.29, 0.717) is 6.61 Å². The molecule has 0 aliphatic carbocycles. The van der Waals surface area contributed by atoms with E-state index in [1.807, 2.05) is 30.3 Å². The van der Waals surface area contributed by atoms with Crippen LogP contribution in [-0.2, 0) is 0 Å². The quantitative estimate of drug-likeness (QED) is 0.795. The van der Waals surface area contributed by atoms with Crippen LogP contribution in [0.5, 0.6) is 11.7 Å². The molecule has 5 nitrogen and oxygen atoms in total. The Kier molecular flexibility index (Phi) is 3.86. The Hall–Kier alpha value is -2.43. The summed E-state index contributed by atoms with van der Waals surface area (Å²) in [6.45, 7) is 0.634. The van der Waals surface area contributed by atoms with Crippen molar-refractivity contribution in [2.75, 3.05) is 13.2 Å². The van der Waals surface area contributed by atoms with Crippen LogP contribution in [0.25, 0.3) is 0 Å². The van der Waals surface area contributed by atoms with E-state index in [-0.39, 0.29) is 18.3 Å². The van der Waals surface area contributed by atoms with Gasteiger partial charge in [0.05, 0.1) is 0 Å². The van der Waals surface area contributed by atoms with Gasteiger partial charge >= 0.3 is 5.97 Å². The van der Waals surface area contributed by atoms with E-state index in [2.05, 4.69) is 0 Å². The zero-order chi connectivity index (χ0) is 12.8. The van der Waals surface area contributed by atoms with Crippen molar-refractivity contribution in [2.45, 2.75) is 0 Å². The molecule has 5 heteroatoms. The third kappa shape index (κ3) is 3.28. The lowest BCUT2D eigenvalue weighted by Crippen LogP contribution is -2.08. The first-order valence-electron chi connectivity index (χ1n) is 5.39. The maximum atomic E-state index is 10.6. The summed E-state index contributed by atoms with van der Waals surface area (Å²) in [7, 11) is 0. The fraction of sp³-hybridized carbons (Fsp3) is 0.154. The van der Waals surface area contributed by atoms with Crippen LogP contribution in [-0.4, -0.2) is 24.3 Å². The van der Waals surface area contributed by atoms with Crippen molar-refractivity contribution in [1.29, 1.82) is 0 Å². The fourth-order valence-electron chi connectivity index (χ4n) is 1.33. The van der Waals surface area contributed by atoms with Crippen LogP contribution in [0.15, 0.2) is 46.9 Å². The topological polar surface area (TPSA) is 68.9 Å². The lowest BCUT2D eigenvalue weighted by molar-refractivity contribution is 0.0652. The Morgan fingerprint density at radius 2 is 1.78 bits per heavy atom. The van der Waals surface area contributed by atoms with Crippen LogP contribution in [0, 0.1) is 0 Å². The van der Waals surface area contributed by atoms with Gasteiger partial charge in [-0.05, 0) is 18.2 Å². The number of benzene rings is 1. The van der Waals surface area contributed by atoms with Crippen LogP contribution in [0.4, 0.5) is 0 Å². The average molecular weight is 248 g/mol. The van der Waals surface area contributed by atoms with E-state index in [0.717, 1.165) is 5.75 Å². The Bertz CT molecular complexity index is 503. The maximum Gasteiger partial charge on any atom is 0.371 e. The molecule has 2 rings (SSSR count). The average Bonchev–Trinajstić information content (AvgIpc) is 2.85. The van der Waals surface area contributed by atoms with Crippen molar-refractivity contribution in [3.8, 4) is 11.7 Å². The molecule has 2 aromatic rings. The zero-order valence-electron chi connectivity index (χ0n) is 9.54. The summed E-state index contributed by atoms with van der Waals surface area (Å²) in [6.07, 6.45) is 0. The van der Waals surface area contributed by atoms with Crippen LogP contribution < -0.4 is 9.47 Å². The minimum atomic E-state index is -1.12. The van der Waals surface area contributed by atoms with E-state index >= 15 is 0 Å². The number of ether oxygens (including phenoxy) is 2. The smallest absolute Gasteiger partial charge is 0.371 e. The van der Waals surface area contributed by atoms with Gasteiger partial charge in [0.2, 0.25) is 5.76 Å². The molecular formula is C13H12O5. The molecule has 0 amide bonds. The van der Waals surface area contributed by atoms with E-state index in [9.17, 15) is 4.79 Å². The number of carboxylic acids is 1. The standard InChI is InChI=1S/C13H12O5/c14-13(15)11-6-7-12(18-11)17-9-8-16-10-4-2-1-3-5-10/h1-7H,8-9H2,(H,14,15). The maximum absolute atomic E-state index is 10.6. The molecule has 0 aliphatic heterocycles. The largest absolute Gasteiger partial charge is 0.490 e. The van der Waals surface area contributed by atoms with Crippen molar-refractivity contribution in [1.82, 2.24) is 0 Å². The molecule has 0 bridgehead atoms. The highest BCUT2D eigenvalue weighted by Crippen LogP contribution is 2.15. The monoisotopic (exact) mass is 248 g/mol. The van der Waals surface area contributed by atoms with Gasteiger partial charge < -0.3 is 19.0 Å². The van der Waals surface area contributed by atoms with Gasteiger partial charge in [0.15, 0.2) is 0 Å². The molecule has 0 radical (unpaired) electrons. The summed E-state index contributed by atoms with van der Waals surface area (Å²) in [6, 6.07) is 12.1. The molecule has 0 atom stereocenters. The predicted octanol–water partition coefficient (Wildman–Crippen LogP) is 2.44. The Morgan fingerprint density at radius 3 is 2.44 bits per heavy atom. The van der Waals surface area contributed by atoms with Gasteiger partial charge in [-0.2, -0.15) is 0 Å². The molecule has 1 aromatic heterocycles. The molecule has 0 saturated heterocycles. The van der Waals surface area contributed by atoms with Crippen molar-refractivity contribution in [2.24, 2.45) is 0 Å². The highest BCUT2D eigenvalue weighted by molar-refractivity contribution is 5.84. The predicted molar refractivity (Wildman–Crippen MR) is 63.1 cm³/mol. The fourth-order valence-corrected chi connectivity index (χ4v) is 1.33. The summed E-state index contributed by atoms with van der Waals surface area (Å²) in [4.78, 5) is 10.6. The molecular weight excluding hydrogens is 236 g/mol. The molecule has 1 aromatic carbocycles. The highest BCUT2D eigenvalue weighted by Gasteiger charge is 2.09. The van der Waals surface area contributed by atoms with E-state index in [1.165, 1.54) is 12.1 Å². The molecule has 0 saturated carbocycles. The van der Waals surface area contributed by atoms with Crippen LogP contribution in [0.2, 0.25) is 0 Å². The normalized spacial score (nSPS) is 10.0. The van der Waals surface area contributed by atoms with Crippen LogP contribution in [0.1, 0.15) is 10.6 Å². The second kappa shape index (κ2) is 5.77. The van der Waals surface area contributed by atoms with E-state index in [4.69, 9.17) is 19.0 Å². The Balaban J connectivity index is 1.73. The molecule has 18 heavy (non-hydrogen) atoms. The summed E-state index contributed by atoms with van der Waals surface area (Å²) in [5.74, 6) is -0.338. The number of carboxylic acid groups (broad SMARTS) is 1. The SMILES string of the molecule is O=C(O)c1ccc(OCCOc2ccccc2)o1. The first kappa shape index (κ1) is 12.0.